The summed E-state index contributed by atoms with van der Waals surface area (Å²) in [5.41, 5.74) is 8.00. The maximum Gasteiger partial charge on any atom is 0.410 e. The number of nitrogens with zero attached hydrogens (tertiary/aromatic N) is 11. The van der Waals surface area contributed by atoms with Crippen LogP contribution < -0.4 is 25.8 Å². The smallest absolute Gasteiger partial charge is 0.410 e. The number of nitrogens with one attached hydrogen (secondary N) is 1. The molecular formula is C58H79N13O6S3. The molecule has 0 aliphatic carbocycles. The zero-order chi connectivity index (χ0) is 56.1. The van der Waals surface area contributed by atoms with Crippen LogP contribution in [0.4, 0.5) is 22.2 Å². The highest BCUT2D eigenvalue weighted by atomic mass is 32.1. The van der Waals surface area contributed by atoms with E-state index in [1.807, 2.05) is 58.6 Å². The average Bonchev–Trinajstić information content (AvgIpc) is 4.33. The topological polar surface area (TPSA) is 226 Å². The van der Waals surface area contributed by atoms with E-state index in [1.54, 1.807) is 38.9 Å². The van der Waals surface area contributed by atoms with Crippen LogP contribution in [-0.4, -0.2) is 153 Å². The fraction of sp³-hybridized carbons (Fsp3) is 0.603. The number of carbonyl (C=O) groups excluding carboxylic acids is 5. The Hall–Kier alpha value is -5.97. The zero-order valence-electron chi connectivity index (χ0n) is 47.0. The Kier molecular flexibility index (Phi) is 17.0. The quantitative estimate of drug-likeness (QED) is 0.148. The lowest BCUT2D eigenvalue weighted by atomic mass is 9.77. The fourth-order valence-corrected chi connectivity index (χ4v) is 15.3. The predicted octanol–water partition coefficient (Wildman–Crippen LogP) is 9.89. The van der Waals surface area contributed by atoms with Gasteiger partial charge in [-0.1, -0.05) is 28.2 Å². The highest BCUT2D eigenvalue weighted by molar-refractivity contribution is 7.22. The van der Waals surface area contributed by atoms with Gasteiger partial charge in [-0.3, -0.25) is 19.2 Å². The summed E-state index contributed by atoms with van der Waals surface area (Å²) in [4.78, 5) is 99.3. The number of likely N-dealkylation sites (tertiary alicyclic amines) is 2. The number of ketones is 2. The molecule has 19 nitrogen and oxygen atoms in total. The molecule has 0 aromatic carbocycles. The molecule has 22 heteroatoms. The van der Waals surface area contributed by atoms with Gasteiger partial charge in [-0.15, -0.1) is 34.0 Å². The Morgan fingerprint density at radius 2 is 0.912 bits per heavy atom. The van der Waals surface area contributed by atoms with Crippen molar-refractivity contribution in [2.75, 3.05) is 93.2 Å². The lowest BCUT2D eigenvalue weighted by molar-refractivity contribution is -0.138. The number of ether oxygens (including phenoxy) is 1. The number of piperidine rings is 3. The van der Waals surface area contributed by atoms with Crippen LogP contribution in [0.15, 0.2) is 37.2 Å². The van der Waals surface area contributed by atoms with E-state index >= 15 is 0 Å². The number of fused-ring (bicyclic) bond motifs is 3. The largest absolute Gasteiger partial charge is 0.444 e. The third kappa shape index (κ3) is 12.6. The van der Waals surface area contributed by atoms with Crippen LogP contribution in [0.25, 0.3) is 30.6 Å². The third-order valence-electron chi connectivity index (χ3n) is 17.0. The van der Waals surface area contributed by atoms with E-state index in [1.165, 1.54) is 53.3 Å². The molecule has 12 heterocycles. The lowest BCUT2D eigenvalue weighted by Gasteiger charge is -2.40. The summed E-state index contributed by atoms with van der Waals surface area (Å²) in [6.45, 7) is 26.1. The van der Waals surface area contributed by atoms with Crippen LogP contribution >= 0.6 is 34.0 Å². The number of anilines is 3. The SMILES string of the molecule is C.CC(=O)c1cc2ncnc(N3CCC4(CCN(C(=O)C(C)(C)C)C4)CC3)c2s1.CC(=O)c1cc2ncnc(N3CCC4(CCN(C(=O)OC(C)(C)C)C4)CC3)c2s1.NC(=O)c1cc2ncnc(N3CCC4(CCNC4)CC3)c2s1. The highest BCUT2D eigenvalue weighted by Gasteiger charge is 2.46. The molecule has 80 heavy (non-hydrogen) atoms. The van der Waals surface area contributed by atoms with Gasteiger partial charge < -0.3 is 40.3 Å². The molecule has 430 valence electrons. The first-order valence-electron chi connectivity index (χ1n) is 27.8. The Bertz CT molecular complexity index is 3260. The van der Waals surface area contributed by atoms with Crippen LogP contribution in [0.3, 0.4) is 0 Å². The monoisotopic (exact) mass is 1150 g/mol. The van der Waals surface area contributed by atoms with Crippen LogP contribution in [0.5, 0.6) is 0 Å². The molecule has 6 fully saturated rings. The van der Waals surface area contributed by atoms with Crippen molar-refractivity contribution < 1.29 is 28.7 Å². The maximum absolute atomic E-state index is 12.7. The minimum absolute atomic E-state index is 0. The molecule has 6 saturated heterocycles. The molecule has 6 aromatic rings. The summed E-state index contributed by atoms with van der Waals surface area (Å²) in [5, 5.41) is 3.49. The summed E-state index contributed by atoms with van der Waals surface area (Å²) < 4.78 is 8.50. The summed E-state index contributed by atoms with van der Waals surface area (Å²) in [6.07, 6.45) is 14.5. The number of rotatable bonds is 6. The number of hydrogen-bond donors (Lipinski definition) is 2. The van der Waals surface area contributed by atoms with E-state index < -0.39 is 11.5 Å². The van der Waals surface area contributed by atoms with E-state index in [-0.39, 0.29) is 47.2 Å². The molecule has 0 unspecified atom stereocenters. The molecule has 3 N–H and O–H groups in total. The predicted molar refractivity (Wildman–Crippen MR) is 320 cm³/mol. The summed E-state index contributed by atoms with van der Waals surface area (Å²) >= 11 is 4.36. The first kappa shape index (κ1) is 58.7. The van der Waals surface area contributed by atoms with Crippen molar-refractivity contribution in [3.63, 3.8) is 0 Å². The van der Waals surface area contributed by atoms with Gasteiger partial charge in [-0.25, -0.2) is 34.7 Å². The number of carbonyl (C=O) groups is 5. The van der Waals surface area contributed by atoms with Crippen molar-refractivity contribution in [2.45, 2.75) is 126 Å². The minimum Gasteiger partial charge on any atom is -0.444 e. The highest BCUT2D eigenvalue weighted by Crippen LogP contribution is 2.46. The molecule has 6 aliphatic heterocycles. The van der Waals surface area contributed by atoms with Crippen LogP contribution in [0.1, 0.15) is 150 Å². The molecule has 0 radical (unpaired) electrons. The molecule has 0 saturated carbocycles. The summed E-state index contributed by atoms with van der Waals surface area (Å²) in [6, 6.07) is 5.49. The van der Waals surface area contributed by atoms with E-state index in [0.717, 1.165) is 175 Å². The fourth-order valence-electron chi connectivity index (χ4n) is 12.3. The average molecular weight is 1150 g/mol. The molecule has 0 bridgehead atoms. The Labute approximate surface area is 481 Å². The van der Waals surface area contributed by atoms with Crippen LogP contribution in [0, 0.1) is 21.7 Å². The van der Waals surface area contributed by atoms with Gasteiger partial charge in [0, 0.05) is 77.4 Å². The van der Waals surface area contributed by atoms with Gasteiger partial charge in [0.05, 0.1) is 45.3 Å². The minimum atomic E-state index is -0.464. The van der Waals surface area contributed by atoms with Crippen molar-refractivity contribution in [2.24, 2.45) is 27.4 Å². The second-order valence-electron chi connectivity index (χ2n) is 24.8. The van der Waals surface area contributed by atoms with Crippen LogP contribution in [0.2, 0.25) is 0 Å². The number of primary amides is 1. The van der Waals surface area contributed by atoms with Crippen molar-refractivity contribution in [3.05, 3.63) is 51.8 Å². The molecule has 3 spiro atoms. The van der Waals surface area contributed by atoms with Gasteiger partial charge >= 0.3 is 6.09 Å². The molecule has 6 aliphatic rings. The second kappa shape index (κ2) is 23.1. The molecular weight excluding hydrogens is 1070 g/mol. The van der Waals surface area contributed by atoms with Crippen molar-refractivity contribution >= 4 is 112 Å². The standard InChI is InChI=1S/C21H28N4O3S.C21H28N4O2S.C15H19N5OS.CH4/c1-14(26)16-11-15-17(29-16)18(23-13-22-15)24-8-5-21(6-9-24)7-10-25(12-21)19(27)28-20(2,3)4;1-14(26)16-11-15-17(28-16)18(23-13-22-15)24-8-5-21(6-9-24)7-10-25(12-21)19(27)20(2,3)4;16-13(21)11-7-10-12(22-11)14(19-9-18-10)20-5-2-15(3-6-20)1-4-17-8-15;/h11,13H,5-10,12H2,1-4H3;11,13H,5-10,12H2,1-4H3;7,9,17H,1-6,8H2,(H2,16,21);1H4. The van der Waals surface area contributed by atoms with E-state index in [0.29, 0.717) is 10.3 Å². The molecule has 0 atom stereocenters. The number of Topliss-reactive ketones (excluding diaryl/α,β-unsaturated/α-hetero) is 2. The molecule has 3 amide bonds. The maximum atomic E-state index is 12.7. The normalized spacial score (nSPS) is 19.5. The Balaban J connectivity index is 0.000000146. The molecule has 6 aromatic heterocycles. The number of thiophene rings is 3. The third-order valence-corrected chi connectivity index (χ3v) is 20.6. The summed E-state index contributed by atoms with van der Waals surface area (Å²) in [7, 11) is 0. The number of amides is 3. The van der Waals surface area contributed by atoms with E-state index in [2.05, 4.69) is 54.8 Å². The van der Waals surface area contributed by atoms with Gasteiger partial charge in [0.15, 0.2) is 11.6 Å². The van der Waals surface area contributed by atoms with Crippen molar-refractivity contribution in [1.82, 2.24) is 45.0 Å². The van der Waals surface area contributed by atoms with Gasteiger partial charge in [0.2, 0.25) is 5.91 Å². The Morgan fingerprint density at radius 3 is 1.29 bits per heavy atom. The molecule has 12 rings (SSSR count). The zero-order valence-corrected chi connectivity index (χ0v) is 49.4. The first-order chi connectivity index (χ1) is 37.5. The van der Waals surface area contributed by atoms with E-state index in [9.17, 15) is 24.0 Å². The van der Waals surface area contributed by atoms with Gasteiger partial charge in [-0.2, -0.15) is 0 Å². The summed E-state index contributed by atoms with van der Waals surface area (Å²) in [5.74, 6) is 2.81. The second-order valence-corrected chi connectivity index (χ2v) is 28.0. The number of hydrogen-bond acceptors (Lipinski definition) is 19. The van der Waals surface area contributed by atoms with Crippen molar-refractivity contribution in [3.8, 4) is 0 Å². The lowest BCUT2D eigenvalue weighted by Crippen LogP contribution is -2.44. The van der Waals surface area contributed by atoms with Crippen molar-refractivity contribution in [1.29, 1.82) is 0 Å². The Morgan fingerprint density at radius 1 is 0.537 bits per heavy atom. The number of aromatic nitrogens is 6. The first-order valence-corrected chi connectivity index (χ1v) is 30.2. The van der Waals surface area contributed by atoms with Crippen LogP contribution in [-0.2, 0) is 9.53 Å². The van der Waals surface area contributed by atoms with Gasteiger partial charge in [0.25, 0.3) is 5.91 Å². The number of nitrogens with two attached hydrogens (primary N) is 1. The van der Waals surface area contributed by atoms with Gasteiger partial charge in [0.1, 0.15) is 42.0 Å². The van der Waals surface area contributed by atoms with Gasteiger partial charge in [-0.05, 0) is 133 Å². The van der Waals surface area contributed by atoms with E-state index in [4.69, 9.17) is 10.5 Å².